The van der Waals surface area contributed by atoms with E-state index in [0.717, 1.165) is 11.5 Å². The second-order valence-corrected chi connectivity index (χ2v) is 6.91. The van der Waals surface area contributed by atoms with Crippen molar-refractivity contribution in [3.8, 4) is 11.5 Å². The lowest BCUT2D eigenvalue weighted by Gasteiger charge is -2.08. The number of carbonyl (C=O) groups is 3. The maximum Gasteiger partial charge on any atom is 0.325 e. The standard InChI is InChI=1S/C18H19NO4S.C3H7NO2/c1-3-24-16-10-8-15(9-11-16)23-14-6-4-13(5-7-14)18(21)19-12-17(20)22-2;1-6-3(5)2-4/h4-11H,3,12H2,1-2H3,(H,19,21);2,4H2,1H3. The molecule has 0 radical (unpaired) electrons. The summed E-state index contributed by atoms with van der Waals surface area (Å²) in [6, 6.07) is 14.6. The molecule has 0 unspecified atom stereocenters. The minimum Gasteiger partial charge on any atom is -0.468 e. The van der Waals surface area contributed by atoms with Crippen LogP contribution in [0.15, 0.2) is 53.4 Å². The van der Waals surface area contributed by atoms with E-state index < -0.39 is 5.97 Å². The molecule has 2 rings (SSSR count). The number of thioether (sulfide) groups is 1. The summed E-state index contributed by atoms with van der Waals surface area (Å²) < 4.78 is 14.4. The molecule has 2 aromatic carbocycles. The molecule has 3 N–H and O–H groups in total. The van der Waals surface area contributed by atoms with Gasteiger partial charge in [-0.25, -0.2) is 0 Å². The molecule has 2 aromatic rings. The van der Waals surface area contributed by atoms with Crippen molar-refractivity contribution in [1.82, 2.24) is 5.32 Å². The normalized spacial score (nSPS) is 9.60. The Kier molecular flexibility index (Phi) is 11.7. The fourth-order valence-electron chi connectivity index (χ4n) is 1.99. The van der Waals surface area contributed by atoms with E-state index >= 15 is 0 Å². The van der Waals surface area contributed by atoms with Gasteiger partial charge in [0.15, 0.2) is 0 Å². The van der Waals surface area contributed by atoms with Gasteiger partial charge in [-0.1, -0.05) is 6.92 Å². The van der Waals surface area contributed by atoms with Crippen molar-refractivity contribution >= 4 is 29.6 Å². The van der Waals surface area contributed by atoms with Crippen LogP contribution < -0.4 is 15.8 Å². The summed E-state index contributed by atoms with van der Waals surface area (Å²) in [5.41, 5.74) is 5.25. The molecule has 0 aliphatic rings. The van der Waals surface area contributed by atoms with Gasteiger partial charge in [-0.3, -0.25) is 14.4 Å². The van der Waals surface area contributed by atoms with Gasteiger partial charge in [0, 0.05) is 10.5 Å². The van der Waals surface area contributed by atoms with Gasteiger partial charge in [-0.15, -0.1) is 11.8 Å². The summed E-state index contributed by atoms with van der Waals surface area (Å²) >= 11 is 1.77. The van der Waals surface area contributed by atoms with Gasteiger partial charge in [0.1, 0.15) is 18.0 Å². The van der Waals surface area contributed by atoms with Gasteiger partial charge in [-0.05, 0) is 54.3 Å². The van der Waals surface area contributed by atoms with Crippen molar-refractivity contribution in [1.29, 1.82) is 0 Å². The van der Waals surface area contributed by atoms with E-state index in [1.807, 2.05) is 24.3 Å². The number of benzene rings is 2. The van der Waals surface area contributed by atoms with E-state index in [1.54, 1.807) is 36.0 Å². The van der Waals surface area contributed by atoms with Crippen molar-refractivity contribution in [2.75, 3.05) is 33.1 Å². The molecule has 9 heteroatoms. The molecule has 0 bridgehead atoms. The summed E-state index contributed by atoms with van der Waals surface area (Å²) in [4.78, 5) is 33.9. The molecule has 0 saturated heterocycles. The Morgan fingerprint density at radius 1 is 0.900 bits per heavy atom. The number of carbonyl (C=O) groups excluding carboxylic acids is 3. The number of hydrogen-bond acceptors (Lipinski definition) is 8. The quantitative estimate of drug-likeness (QED) is 0.481. The summed E-state index contributed by atoms with van der Waals surface area (Å²) in [7, 11) is 2.57. The van der Waals surface area contributed by atoms with Crippen LogP contribution in [0.1, 0.15) is 17.3 Å². The van der Waals surface area contributed by atoms with Crippen LogP contribution in [-0.2, 0) is 19.1 Å². The molecule has 0 spiro atoms. The highest BCUT2D eigenvalue weighted by Gasteiger charge is 2.08. The van der Waals surface area contributed by atoms with Gasteiger partial charge >= 0.3 is 11.9 Å². The minimum atomic E-state index is -0.493. The van der Waals surface area contributed by atoms with Gasteiger partial charge in [0.05, 0.1) is 20.8 Å². The molecule has 0 saturated carbocycles. The molecule has 0 aromatic heterocycles. The minimum absolute atomic E-state index is 0.0312. The van der Waals surface area contributed by atoms with Crippen LogP contribution in [0.4, 0.5) is 0 Å². The Bertz CT molecular complexity index is 803. The topological polar surface area (TPSA) is 117 Å². The third-order valence-electron chi connectivity index (χ3n) is 3.50. The van der Waals surface area contributed by atoms with Gasteiger partial charge in [-0.2, -0.15) is 0 Å². The predicted octanol–water partition coefficient (Wildman–Crippen LogP) is 2.61. The number of amides is 1. The number of rotatable bonds is 8. The molecule has 0 aliphatic heterocycles. The number of ether oxygens (including phenoxy) is 3. The van der Waals surface area contributed by atoms with Crippen LogP contribution in [0.25, 0.3) is 0 Å². The SMILES string of the molecule is CCSc1ccc(Oc2ccc(C(=O)NCC(=O)OC)cc2)cc1.COC(=O)CN. The molecule has 0 atom stereocenters. The largest absolute Gasteiger partial charge is 0.468 e. The highest BCUT2D eigenvalue weighted by atomic mass is 32.2. The van der Waals surface area contributed by atoms with Crippen LogP contribution in [0.3, 0.4) is 0 Å². The van der Waals surface area contributed by atoms with Crippen molar-refractivity contribution in [3.63, 3.8) is 0 Å². The number of methoxy groups -OCH3 is 2. The van der Waals surface area contributed by atoms with Gasteiger partial charge in [0.25, 0.3) is 5.91 Å². The van der Waals surface area contributed by atoms with E-state index in [4.69, 9.17) is 10.5 Å². The summed E-state index contributed by atoms with van der Waals surface area (Å²) in [6.45, 7) is 1.92. The lowest BCUT2D eigenvalue weighted by Crippen LogP contribution is -2.30. The molecule has 30 heavy (non-hydrogen) atoms. The summed E-state index contributed by atoms with van der Waals surface area (Å²) in [6.07, 6.45) is 0. The fraction of sp³-hybridized carbons (Fsp3) is 0.286. The van der Waals surface area contributed by atoms with Crippen molar-refractivity contribution < 1.29 is 28.6 Å². The first-order valence-electron chi connectivity index (χ1n) is 9.06. The summed E-state index contributed by atoms with van der Waals surface area (Å²) in [5, 5.41) is 2.48. The van der Waals surface area contributed by atoms with Gasteiger partial charge in [0.2, 0.25) is 0 Å². The number of esters is 2. The Hall–Kier alpha value is -3.04. The van der Waals surface area contributed by atoms with E-state index in [1.165, 1.54) is 19.1 Å². The van der Waals surface area contributed by atoms with Crippen LogP contribution in [-0.4, -0.2) is 50.9 Å². The van der Waals surface area contributed by atoms with Crippen molar-refractivity contribution in [3.05, 3.63) is 54.1 Å². The van der Waals surface area contributed by atoms with E-state index in [0.29, 0.717) is 11.3 Å². The average Bonchev–Trinajstić information content (AvgIpc) is 2.79. The smallest absolute Gasteiger partial charge is 0.325 e. The lowest BCUT2D eigenvalue weighted by molar-refractivity contribution is -0.140. The fourth-order valence-corrected chi connectivity index (χ4v) is 2.65. The van der Waals surface area contributed by atoms with Crippen molar-refractivity contribution in [2.24, 2.45) is 5.73 Å². The number of nitrogens with two attached hydrogens (primary N) is 1. The highest BCUT2D eigenvalue weighted by molar-refractivity contribution is 7.99. The zero-order valence-corrected chi connectivity index (χ0v) is 18.0. The number of nitrogens with one attached hydrogen (secondary N) is 1. The third-order valence-corrected chi connectivity index (χ3v) is 4.40. The van der Waals surface area contributed by atoms with Gasteiger partial charge < -0.3 is 25.3 Å². The molecule has 1 amide bonds. The van der Waals surface area contributed by atoms with Crippen LogP contribution in [0, 0.1) is 0 Å². The molecule has 8 nitrogen and oxygen atoms in total. The third kappa shape index (κ3) is 9.44. The van der Waals surface area contributed by atoms with E-state index in [2.05, 4.69) is 21.7 Å². The van der Waals surface area contributed by atoms with Crippen LogP contribution >= 0.6 is 11.8 Å². The molecule has 0 aliphatic carbocycles. The average molecular weight is 435 g/mol. The molecule has 0 fully saturated rings. The molecular weight excluding hydrogens is 408 g/mol. The maximum atomic E-state index is 11.9. The lowest BCUT2D eigenvalue weighted by atomic mass is 10.2. The summed E-state index contributed by atoms with van der Waals surface area (Å²) in [5.74, 6) is 1.18. The zero-order valence-electron chi connectivity index (χ0n) is 17.2. The Morgan fingerprint density at radius 3 is 1.87 bits per heavy atom. The molecule has 162 valence electrons. The van der Waals surface area contributed by atoms with E-state index in [-0.39, 0.29) is 25.0 Å². The molecular formula is C21H26N2O6S. The first-order valence-corrected chi connectivity index (χ1v) is 10.0. The Morgan fingerprint density at radius 2 is 1.43 bits per heavy atom. The van der Waals surface area contributed by atoms with Crippen LogP contribution in [0.5, 0.6) is 11.5 Å². The van der Waals surface area contributed by atoms with E-state index in [9.17, 15) is 14.4 Å². The van der Waals surface area contributed by atoms with Crippen molar-refractivity contribution in [2.45, 2.75) is 11.8 Å². The first kappa shape index (κ1) is 25.0. The number of hydrogen-bond donors (Lipinski definition) is 2. The Labute approximate surface area is 180 Å². The Balaban J connectivity index is 0.000000656. The molecule has 0 heterocycles. The second kappa shape index (κ2) is 14.0. The zero-order chi connectivity index (χ0) is 22.4. The van der Waals surface area contributed by atoms with Crippen LogP contribution in [0.2, 0.25) is 0 Å². The highest BCUT2D eigenvalue weighted by Crippen LogP contribution is 2.25. The maximum absolute atomic E-state index is 11.9. The monoisotopic (exact) mass is 434 g/mol. The first-order chi connectivity index (χ1) is 14.4. The second-order valence-electron chi connectivity index (χ2n) is 5.57. The predicted molar refractivity (Wildman–Crippen MR) is 115 cm³/mol.